The fourth-order valence-corrected chi connectivity index (χ4v) is 1.14. The van der Waals surface area contributed by atoms with Crippen molar-refractivity contribution in [1.82, 2.24) is 0 Å². The number of rotatable bonds is 3. The molecule has 0 N–H and O–H groups in total. The maximum Gasteiger partial charge on any atom is 0.305 e. The predicted octanol–water partition coefficient (Wildman–Crippen LogP) is 2.36. The van der Waals surface area contributed by atoms with Crippen LogP contribution in [0.4, 0.5) is 0 Å². The van der Waals surface area contributed by atoms with Crippen molar-refractivity contribution in [2.24, 2.45) is 0 Å². The standard InChI is InChI=1S/C11H14O3/c1-9(12)13-11(2,3)14-10-7-5-4-6-8-10/h4-8H,1-3H3. The van der Waals surface area contributed by atoms with Gasteiger partial charge in [-0.25, -0.2) is 0 Å². The molecule has 0 saturated heterocycles. The minimum atomic E-state index is -0.923. The van der Waals surface area contributed by atoms with Gasteiger partial charge in [-0.2, -0.15) is 0 Å². The minimum Gasteiger partial charge on any atom is -0.453 e. The summed E-state index contributed by atoms with van der Waals surface area (Å²) in [7, 11) is 0. The molecule has 14 heavy (non-hydrogen) atoms. The molecule has 1 rings (SSSR count). The largest absolute Gasteiger partial charge is 0.453 e. The van der Waals surface area contributed by atoms with E-state index in [1.54, 1.807) is 13.8 Å². The van der Waals surface area contributed by atoms with Crippen LogP contribution in [0.25, 0.3) is 0 Å². The van der Waals surface area contributed by atoms with Gasteiger partial charge in [0.15, 0.2) is 0 Å². The highest BCUT2D eigenvalue weighted by Crippen LogP contribution is 2.18. The molecule has 0 aliphatic carbocycles. The van der Waals surface area contributed by atoms with Crippen LogP contribution in [0.15, 0.2) is 30.3 Å². The van der Waals surface area contributed by atoms with Crippen LogP contribution in [0.2, 0.25) is 0 Å². The van der Waals surface area contributed by atoms with Crippen LogP contribution in [0.3, 0.4) is 0 Å². The van der Waals surface area contributed by atoms with E-state index in [0.717, 1.165) is 0 Å². The molecule has 0 spiro atoms. The van der Waals surface area contributed by atoms with Crippen molar-refractivity contribution in [1.29, 1.82) is 0 Å². The van der Waals surface area contributed by atoms with E-state index in [1.807, 2.05) is 30.3 Å². The van der Waals surface area contributed by atoms with E-state index in [-0.39, 0.29) is 5.97 Å². The molecule has 0 atom stereocenters. The first-order valence-electron chi connectivity index (χ1n) is 4.43. The van der Waals surface area contributed by atoms with Gasteiger partial charge in [-0.1, -0.05) is 18.2 Å². The highest BCUT2D eigenvalue weighted by molar-refractivity contribution is 5.66. The van der Waals surface area contributed by atoms with Crippen molar-refractivity contribution in [2.75, 3.05) is 0 Å². The van der Waals surface area contributed by atoms with Crippen molar-refractivity contribution < 1.29 is 14.3 Å². The van der Waals surface area contributed by atoms with Gasteiger partial charge in [0.25, 0.3) is 0 Å². The molecule has 3 nitrogen and oxygen atoms in total. The Morgan fingerprint density at radius 1 is 1.21 bits per heavy atom. The second-order valence-corrected chi connectivity index (χ2v) is 3.41. The minimum absolute atomic E-state index is 0.356. The summed E-state index contributed by atoms with van der Waals surface area (Å²) in [5.41, 5.74) is 0. The molecule has 1 aromatic rings. The maximum atomic E-state index is 10.7. The summed E-state index contributed by atoms with van der Waals surface area (Å²) in [4.78, 5) is 10.7. The zero-order valence-electron chi connectivity index (χ0n) is 8.61. The summed E-state index contributed by atoms with van der Waals surface area (Å²) in [5, 5.41) is 0. The Labute approximate surface area is 83.6 Å². The number of hydrogen-bond donors (Lipinski definition) is 0. The summed E-state index contributed by atoms with van der Waals surface area (Å²) < 4.78 is 10.5. The molecular formula is C11H14O3. The average molecular weight is 194 g/mol. The summed E-state index contributed by atoms with van der Waals surface area (Å²) >= 11 is 0. The van der Waals surface area contributed by atoms with Crippen LogP contribution < -0.4 is 4.74 Å². The second kappa shape index (κ2) is 4.13. The van der Waals surface area contributed by atoms with Crippen molar-refractivity contribution >= 4 is 5.97 Å². The third-order valence-corrected chi connectivity index (χ3v) is 1.50. The molecule has 0 bridgehead atoms. The van der Waals surface area contributed by atoms with Gasteiger partial charge in [0.1, 0.15) is 5.75 Å². The summed E-state index contributed by atoms with van der Waals surface area (Å²) in [5.74, 6) is -0.600. The van der Waals surface area contributed by atoms with E-state index >= 15 is 0 Å². The molecule has 0 unspecified atom stereocenters. The third kappa shape index (κ3) is 3.47. The molecule has 0 radical (unpaired) electrons. The van der Waals surface area contributed by atoms with Gasteiger partial charge in [0.2, 0.25) is 5.79 Å². The van der Waals surface area contributed by atoms with Crippen LogP contribution in [-0.2, 0) is 9.53 Å². The molecule has 1 aromatic carbocycles. The quantitative estimate of drug-likeness (QED) is 0.547. The molecule has 0 aliphatic heterocycles. The third-order valence-electron chi connectivity index (χ3n) is 1.50. The van der Waals surface area contributed by atoms with Gasteiger partial charge in [-0.05, 0) is 12.1 Å². The Bertz CT molecular complexity index is 304. The molecule has 0 heterocycles. The van der Waals surface area contributed by atoms with Gasteiger partial charge < -0.3 is 9.47 Å². The van der Waals surface area contributed by atoms with Crippen molar-refractivity contribution in [2.45, 2.75) is 26.6 Å². The normalized spacial score (nSPS) is 10.8. The molecular weight excluding hydrogens is 180 g/mol. The van der Waals surface area contributed by atoms with Crippen LogP contribution in [0, 0.1) is 0 Å². The molecule has 3 heteroatoms. The maximum absolute atomic E-state index is 10.7. The zero-order chi connectivity index (χ0) is 10.6. The van der Waals surface area contributed by atoms with Crippen LogP contribution >= 0.6 is 0 Å². The van der Waals surface area contributed by atoms with Gasteiger partial charge in [-0.15, -0.1) is 0 Å². The molecule has 76 valence electrons. The Hall–Kier alpha value is -1.51. The van der Waals surface area contributed by atoms with E-state index in [2.05, 4.69) is 0 Å². The predicted molar refractivity (Wildman–Crippen MR) is 52.9 cm³/mol. The first-order valence-corrected chi connectivity index (χ1v) is 4.43. The van der Waals surface area contributed by atoms with Gasteiger partial charge >= 0.3 is 5.97 Å². The molecule has 0 saturated carbocycles. The van der Waals surface area contributed by atoms with Gasteiger partial charge in [0.05, 0.1) is 0 Å². The number of carbonyl (C=O) groups excluding carboxylic acids is 1. The zero-order valence-corrected chi connectivity index (χ0v) is 8.61. The van der Waals surface area contributed by atoms with Crippen LogP contribution in [-0.4, -0.2) is 11.8 Å². The highest BCUT2D eigenvalue weighted by atomic mass is 16.7. The first-order chi connectivity index (χ1) is 6.49. The van der Waals surface area contributed by atoms with E-state index in [4.69, 9.17) is 9.47 Å². The lowest BCUT2D eigenvalue weighted by Gasteiger charge is -2.25. The first kappa shape index (κ1) is 10.6. The van der Waals surface area contributed by atoms with E-state index in [1.165, 1.54) is 6.92 Å². The lowest BCUT2D eigenvalue weighted by molar-refractivity contribution is -0.183. The number of hydrogen-bond acceptors (Lipinski definition) is 3. The van der Waals surface area contributed by atoms with Crippen LogP contribution in [0.1, 0.15) is 20.8 Å². The van der Waals surface area contributed by atoms with Gasteiger partial charge in [-0.3, -0.25) is 4.79 Å². The van der Waals surface area contributed by atoms with Gasteiger partial charge in [0, 0.05) is 20.8 Å². The summed E-state index contributed by atoms with van der Waals surface area (Å²) in [6.07, 6.45) is 0. The van der Waals surface area contributed by atoms with E-state index in [0.29, 0.717) is 5.75 Å². The second-order valence-electron chi connectivity index (χ2n) is 3.41. The number of ether oxygens (including phenoxy) is 2. The lowest BCUT2D eigenvalue weighted by Crippen LogP contribution is -2.33. The SMILES string of the molecule is CC(=O)OC(C)(C)Oc1ccccc1. The van der Waals surface area contributed by atoms with E-state index < -0.39 is 5.79 Å². The van der Waals surface area contributed by atoms with E-state index in [9.17, 15) is 4.79 Å². The monoisotopic (exact) mass is 194 g/mol. The smallest absolute Gasteiger partial charge is 0.305 e. The Kier molecular flexibility index (Phi) is 3.12. The van der Waals surface area contributed by atoms with Crippen molar-refractivity contribution in [3.05, 3.63) is 30.3 Å². The average Bonchev–Trinajstić information content (AvgIpc) is 2.02. The topological polar surface area (TPSA) is 35.5 Å². The van der Waals surface area contributed by atoms with Crippen molar-refractivity contribution in [3.63, 3.8) is 0 Å². The summed E-state index contributed by atoms with van der Waals surface area (Å²) in [6, 6.07) is 9.24. The number of esters is 1. The lowest BCUT2D eigenvalue weighted by atomic mass is 10.3. The fraction of sp³-hybridized carbons (Fsp3) is 0.364. The highest BCUT2D eigenvalue weighted by Gasteiger charge is 2.22. The fourth-order valence-electron chi connectivity index (χ4n) is 1.14. The molecule has 0 aliphatic rings. The number of para-hydroxylation sites is 1. The number of benzene rings is 1. The molecule has 0 fully saturated rings. The Morgan fingerprint density at radius 3 is 2.29 bits per heavy atom. The van der Waals surface area contributed by atoms with Crippen molar-refractivity contribution in [3.8, 4) is 5.75 Å². The molecule has 0 amide bonds. The Balaban J connectivity index is 2.63. The number of carbonyl (C=O) groups is 1. The molecule has 0 aromatic heterocycles. The Morgan fingerprint density at radius 2 is 1.79 bits per heavy atom. The summed E-state index contributed by atoms with van der Waals surface area (Å²) in [6.45, 7) is 4.75. The van der Waals surface area contributed by atoms with Crippen LogP contribution in [0.5, 0.6) is 5.75 Å².